The Kier molecular flexibility index (Phi) is 5.44. The summed E-state index contributed by atoms with van der Waals surface area (Å²) in [6.45, 7) is 0. The van der Waals surface area contributed by atoms with E-state index in [2.05, 4.69) is 9.44 Å². The van der Waals surface area contributed by atoms with E-state index in [0.717, 1.165) is 42.5 Å². The normalized spacial score (nSPS) is 13.6. The number of fused-ring (bicyclic) bond motifs is 1. The molecule has 0 atom stereocenters. The topological polar surface area (TPSA) is 92.3 Å². The van der Waals surface area contributed by atoms with Gasteiger partial charge in [0.1, 0.15) is 0 Å². The number of benzene rings is 3. The fourth-order valence-electron chi connectivity index (χ4n) is 3.39. The molecule has 0 heterocycles. The third-order valence-corrected chi connectivity index (χ3v) is 7.73. The number of halogens is 2. The molecule has 4 rings (SSSR count). The molecule has 31 heavy (non-hydrogen) atoms. The average molecular weight is 465 g/mol. The van der Waals surface area contributed by atoms with Gasteiger partial charge >= 0.3 is 0 Å². The molecule has 2 N–H and O–H groups in total. The molecule has 0 aromatic heterocycles. The van der Waals surface area contributed by atoms with Gasteiger partial charge in [0.25, 0.3) is 20.0 Å². The van der Waals surface area contributed by atoms with Crippen LogP contribution in [0, 0.1) is 11.6 Å². The second kappa shape index (κ2) is 7.93. The predicted molar refractivity (Wildman–Crippen MR) is 113 cm³/mol. The third kappa shape index (κ3) is 4.54. The summed E-state index contributed by atoms with van der Waals surface area (Å²) in [5.41, 5.74) is 2.57. The lowest BCUT2D eigenvalue weighted by molar-refractivity contribution is 0.504. The van der Waals surface area contributed by atoms with Gasteiger partial charge in [-0.25, -0.2) is 25.6 Å². The summed E-state index contributed by atoms with van der Waals surface area (Å²) in [5.74, 6) is -2.43. The summed E-state index contributed by atoms with van der Waals surface area (Å²) >= 11 is 0. The maximum Gasteiger partial charge on any atom is 0.261 e. The molecule has 0 amide bonds. The highest BCUT2D eigenvalue weighted by atomic mass is 32.2. The summed E-state index contributed by atoms with van der Waals surface area (Å²) in [4.78, 5) is -0.274. The predicted octanol–water partition coefficient (Wildman–Crippen LogP) is 4.06. The fourth-order valence-corrected chi connectivity index (χ4v) is 5.57. The molecule has 0 unspecified atom stereocenters. The molecule has 0 bridgehead atoms. The standard InChI is InChI=1S/C21H18F2N2O4S2/c22-20-11-10-19(13-21(20)23)31(28,29)25-17-7-5-16(6-8-17)24-30(26,27)18-9-4-14-2-1-3-15(14)12-18/h4-13,24-25H,1-3H2. The second-order valence-corrected chi connectivity index (χ2v) is 10.5. The molecule has 0 saturated heterocycles. The van der Waals surface area contributed by atoms with Crippen LogP contribution in [0.3, 0.4) is 0 Å². The number of anilines is 2. The SMILES string of the molecule is O=S(=O)(Nc1ccc(NS(=O)(=O)c2ccc3c(c2)CCC3)cc1)c1ccc(F)c(F)c1. The van der Waals surface area contributed by atoms with E-state index in [1.165, 1.54) is 24.3 Å². The first-order valence-corrected chi connectivity index (χ1v) is 12.3. The first-order valence-electron chi connectivity index (χ1n) is 9.37. The summed E-state index contributed by atoms with van der Waals surface area (Å²) in [5, 5.41) is 0. The minimum atomic E-state index is -4.14. The molecular weight excluding hydrogens is 446 g/mol. The molecule has 3 aromatic carbocycles. The smallest absolute Gasteiger partial charge is 0.261 e. The highest BCUT2D eigenvalue weighted by molar-refractivity contribution is 7.93. The van der Waals surface area contributed by atoms with E-state index in [-0.39, 0.29) is 16.3 Å². The first-order chi connectivity index (χ1) is 14.6. The first kappa shape index (κ1) is 21.3. The van der Waals surface area contributed by atoms with Gasteiger partial charge in [-0.3, -0.25) is 9.44 Å². The molecule has 0 aliphatic heterocycles. The highest BCUT2D eigenvalue weighted by Crippen LogP contribution is 2.26. The van der Waals surface area contributed by atoms with Gasteiger partial charge < -0.3 is 0 Å². The minimum absolute atomic E-state index is 0.130. The van der Waals surface area contributed by atoms with E-state index in [0.29, 0.717) is 6.07 Å². The molecule has 0 saturated carbocycles. The summed E-state index contributed by atoms with van der Waals surface area (Å²) in [7, 11) is -7.95. The van der Waals surface area contributed by atoms with Crippen LogP contribution >= 0.6 is 0 Å². The molecule has 3 aromatic rings. The van der Waals surface area contributed by atoms with Crippen molar-refractivity contribution in [2.75, 3.05) is 9.44 Å². The van der Waals surface area contributed by atoms with Crippen molar-refractivity contribution in [1.29, 1.82) is 0 Å². The summed E-state index contributed by atoms with van der Waals surface area (Å²) < 4.78 is 81.1. The van der Waals surface area contributed by atoms with Gasteiger partial charge in [-0.15, -0.1) is 0 Å². The number of rotatable bonds is 6. The van der Waals surface area contributed by atoms with Crippen molar-refractivity contribution in [1.82, 2.24) is 0 Å². The van der Waals surface area contributed by atoms with E-state index in [1.807, 2.05) is 6.07 Å². The number of sulfonamides is 2. The second-order valence-electron chi connectivity index (χ2n) is 7.15. The van der Waals surface area contributed by atoms with Gasteiger partial charge in [0.05, 0.1) is 9.79 Å². The molecule has 0 fully saturated rings. The van der Waals surface area contributed by atoms with Crippen molar-refractivity contribution in [2.24, 2.45) is 0 Å². The van der Waals surface area contributed by atoms with Crippen LogP contribution in [-0.4, -0.2) is 16.8 Å². The lowest BCUT2D eigenvalue weighted by atomic mass is 10.1. The van der Waals surface area contributed by atoms with Crippen LogP contribution in [0.15, 0.2) is 70.5 Å². The van der Waals surface area contributed by atoms with Gasteiger partial charge in [-0.1, -0.05) is 6.07 Å². The van der Waals surface area contributed by atoms with Crippen LogP contribution in [0.25, 0.3) is 0 Å². The largest absolute Gasteiger partial charge is 0.280 e. The summed E-state index contributed by atoms with van der Waals surface area (Å²) in [6.07, 6.45) is 2.81. The maximum absolute atomic E-state index is 13.3. The maximum atomic E-state index is 13.3. The Balaban J connectivity index is 1.49. The van der Waals surface area contributed by atoms with E-state index in [9.17, 15) is 25.6 Å². The van der Waals surface area contributed by atoms with E-state index in [1.54, 1.807) is 12.1 Å². The zero-order valence-electron chi connectivity index (χ0n) is 16.1. The van der Waals surface area contributed by atoms with Crippen LogP contribution in [0.1, 0.15) is 17.5 Å². The zero-order chi connectivity index (χ0) is 22.2. The van der Waals surface area contributed by atoms with Crippen molar-refractivity contribution >= 4 is 31.4 Å². The number of aryl methyl sites for hydroxylation is 2. The molecule has 1 aliphatic carbocycles. The van der Waals surface area contributed by atoms with Crippen molar-refractivity contribution in [2.45, 2.75) is 29.1 Å². The zero-order valence-corrected chi connectivity index (χ0v) is 17.7. The van der Waals surface area contributed by atoms with Crippen LogP contribution in [-0.2, 0) is 32.9 Å². The van der Waals surface area contributed by atoms with E-state index in [4.69, 9.17) is 0 Å². The van der Waals surface area contributed by atoms with Crippen LogP contribution < -0.4 is 9.44 Å². The molecule has 10 heteroatoms. The van der Waals surface area contributed by atoms with Crippen molar-refractivity contribution in [3.63, 3.8) is 0 Å². The fraction of sp³-hybridized carbons (Fsp3) is 0.143. The van der Waals surface area contributed by atoms with Gasteiger partial charge in [0.2, 0.25) is 0 Å². The molecular formula is C21H18F2N2O4S2. The Morgan fingerprint density at radius 1 is 0.613 bits per heavy atom. The molecule has 0 radical (unpaired) electrons. The molecule has 1 aliphatic rings. The van der Waals surface area contributed by atoms with Crippen LogP contribution in [0.5, 0.6) is 0 Å². The Morgan fingerprint density at radius 2 is 1.13 bits per heavy atom. The van der Waals surface area contributed by atoms with Gasteiger partial charge in [-0.2, -0.15) is 0 Å². The Labute approximate surface area is 179 Å². The van der Waals surface area contributed by atoms with E-state index >= 15 is 0 Å². The lowest BCUT2D eigenvalue weighted by Crippen LogP contribution is -2.14. The van der Waals surface area contributed by atoms with Crippen LogP contribution in [0.2, 0.25) is 0 Å². The third-order valence-electron chi connectivity index (χ3n) is 4.97. The Morgan fingerprint density at radius 3 is 1.71 bits per heavy atom. The quantitative estimate of drug-likeness (QED) is 0.576. The molecule has 162 valence electrons. The van der Waals surface area contributed by atoms with Gasteiger partial charge in [0.15, 0.2) is 11.6 Å². The number of hydrogen-bond donors (Lipinski definition) is 2. The van der Waals surface area contributed by atoms with Crippen LogP contribution in [0.4, 0.5) is 20.2 Å². The lowest BCUT2D eigenvalue weighted by Gasteiger charge is -2.11. The van der Waals surface area contributed by atoms with Crippen molar-refractivity contribution in [3.05, 3.63) is 83.4 Å². The Hall–Kier alpha value is -2.98. The molecule has 0 spiro atoms. The monoisotopic (exact) mass is 464 g/mol. The Bertz CT molecular complexity index is 1360. The number of hydrogen-bond acceptors (Lipinski definition) is 4. The highest BCUT2D eigenvalue weighted by Gasteiger charge is 2.19. The summed E-state index contributed by atoms with van der Waals surface area (Å²) in [6, 6.07) is 12.8. The van der Waals surface area contributed by atoms with Crippen molar-refractivity contribution in [3.8, 4) is 0 Å². The van der Waals surface area contributed by atoms with Gasteiger partial charge in [-0.05, 0) is 85.0 Å². The van der Waals surface area contributed by atoms with E-state index < -0.39 is 36.6 Å². The number of nitrogens with one attached hydrogen (secondary N) is 2. The van der Waals surface area contributed by atoms with Gasteiger partial charge in [0, 0.05) is 11.4 Å². The molecule has 6 nitrogen and oxygen atoms in total. The minimum Gasteiger partial charge on any atom is -0.280 e. The van der Waals surface area contributed by atoms with Crippen molar-refractivity contribution < 1.29 is 25.6 Å². The average Bonchev–Trinajstić information content (AvgIpc) is 3.19.